The van der Waals surface area contributed by atoms with Crippen LogP contribution in [0.1, 0.15) is 25.3 Å². The third-order valence-corrected chi connectivity index (χ3v) is 7.76. The quantitative estimate of drug-likeness (QED) is 0.620. The van der Waals surface area contributed by atoms with Gasteiger partial charge in [-0.05, 0) is 31.7 Å². The first-order valence-corrected chi connectivity index (χ1v) is 9.32. The van der Waals surface area contributed by atoms with Gasteiger partial charge in [0.05, 0.1) is 16.2 Å². The van der Waals surface area contributed by atoms with Crippen molar-refractivity contribution in [3.8, 4) is 0 Å². The van der Waals surface area contributed by atoms with E-state index in [0.29, 0.717) is 12.8 Å². The van der Waals surface area contributed by atoms with Crippen LogP contribution in [0.4, 0.5) is 14.5 Å². The molecule has 0 bridgehead atoms. The van der Waals surface area contributed by atoms with Crippen molar-refractivity contribution < 1.29 is 22.1 Å². The predicted molar refractivity (Wildman–Crippen MR) is 86.5 cm³/mol. The van der Waals surface area contributed by atoms with Crippen LogP contribution >= 0.6 is 0 Å². The summed E-state index contributed by atoms with van der Waals surface area (Å²) in [6, 6.07) is 2.81. The fraction of sp³-hybridized carbons (Fsp3) is 0.533. The summed E-state index contributed by atoms with van der Waals surface area (Å²) in [6.07, 6.45) is 1.02. The first-order valence-electron chi connectivity index (χ1n) is 7.67. The number of benzene rings is 1. The lowest BCUT2D eigenvalue weighted by atomic mass is 9.90. The number of nitro benzene ring substituents is 1. The molecule has 2 aliphatic rings. The Morgan fingerprint density at radius 1 is 1.44 bits per heavy atom. The maximum Gasteiger partial charge on any atom is 0.269 e. The lowest BCUT2D eigenvalue weighted by molar-refractivity contribution is -0.385. The number of alkyl halides is 1. The molecule has 136 valence electrons. The Balaban J connectivity index is 2.10. The average molecular weight is 373 g/mol. The number of nitrogens with zero attached hydrogens (tertiary/aromatic N) is 1. The first-order chi connectivity index (χ1) is 11.6. The topological polar surface area (TPSA) is 113 Å². The molecule has 0 amide bonds. The molecule has 3 rings (SSSR count). The zero-order chi connectivity index (χ0) is 18.6. The van der Waals surface area contributed by atoms with Crippen molar-refractivity contribution >= 4 is 21.4 Å². The molecule has 1 heterocycles. The predicted octanol–water partition coefficient (Wildman–Crippen LogP) is 2.06. The molecule has 0 aromatic heterocycles. The third-order valence-electron chi connectivity index (χ3n) is 5.05. The molecule has 1 aliphatic carbocycles. The van der Waals surface area contributed by atoms with Crippen LogP contribution < -0.4 is 5.32 Å². The van der Waals surface area contributed by atoms with Crippen LogP contribution in [-0.4, -0.2) is 36.4 Å². The van der Waals surface area contributed by atoms with E-state index in [2.05, 4.69) is 5.32 Å². The number of nitrogens with one attached hydrogen (secondary N) is 2. The first kappa shape index (κ1) is 17.7. The van der Waals surface area contributed by atoms with Crippen molar-refractivity contribution in [1.82, 2.24) is 5.32 Å². The van der Waals surface area contributed by atoms with Crippen LogP contribution in [0.5, 0.6) is 0 Å². The lowest BCUT2D eigenvalue weighted by Gasteiger charge is -2.45. The second kappa shape index (κ2) is 5.45. The van der Waals surface area contributed by atoms with Gasteiger partial charge in [-0.1, -0.05) is 0 Å². The van der Waals surface area contributed by atoms with Gasteiger partial charge in [0, 0.05) is 17.7 Å². The summed E-state index contributed by atoms with van der Waals surface area (Å²) < 4.78 is 51.8. The lowest BCUT2D eigenvalue weighted by Crippen LogP contribution is -2.68. The number of halogens is 2. The molecule has 25 heavy (non-hydrogen) atoms. The van der Waals surface area contributed by atoms with Gasteiger partial charge in [-0.3, -0.25) is 15.5 Å². The summed E-state index contributed by atoms with van der Waals surface area (Å²) in [6.45, 7) is 0.121. The molecule has 1 saturated carbocycles. The van der Waals surface area contributed by atoms with E-state index in [1.165, 1.54) is 6.92 Å². The van der Waals surface area contributed by atoms with Crippen LogP contribution in [0.2, 0.25) is 0 Å². The highest BCUT2D eigenvalue weighted by Crippen LogP contribution is 2.49. The van der Waals surface area contributed by atoms with Crippen molar-refractivity contribution in [3.63, 3.8) is 0 Å². The molecule has 2 N–H and O–H groups in total. The van der Waals surface area contributed by atoms with E-state index >= 15 is 0 Å². The van der Waals surface area contributed by atoms with Crippen molar-refractivity contribution in [2.75, 3.05) is 12.4 Å². The summed E-state index contributed by atoms with van der Waals surface area (Å²) in [5.41, 5.74) is -2.23. The normalized spacial score (nSPS) is 31.4. The van der Waals surface area contributed by atoms with Crippen molar-refractivity contribution in [2.24, 2.45) is 5.92 Å². The average Bonchev–Trinajstić information content (AvgIpc) is 3.31. The number of nitro groups is 1. The zero-order valence-electron chi connectivity index (χ0n) is 13.4. The SMILES string of the molecule is C[C@@]1(c2cc([N+](=O)[O-])ccc2F)CS(=O)(=O)C(CF)(C2CC2)C(=N)N1. The van der Waals surface area contributed by atoms with E-state index in [1.54, 1.807) is 0 Å². The highest BCUT2D eigenvalue weighted by Gasteiger charge is 2.63. The minimum atomic E-state index is -4.13. The largest absolute Gasteiger partial charge is 0.362 e. The molecule has 2 fully saturated rings. The molecular formula is C15H17F2N3O4S. The van der Waals surface area contributed by atoms with Gasteiger partial charge in [-0.25, -0.2) is 17.2 Å². The molecule has 1 aromatic carbocycles. The van der Waals surface area contributed by atoms with Gasteiger partial charge >= 0.3 is 0 Å². The second-order valence-corrected chi connectivity index (χ2v) is 9.06. The Labute approximate surface area is 143 Å². The number of amidine groups is 1. The fourth-order valence-corrected chi connectivity index (χ4v) is 6.06. The van der Waals surface area contributed by atoms with Crippen molar-refractivity contribution in [1.29, 1.82) is 5.41 Å². The highest BCUT2D eigenvalue weighted by molar-refractivity contribution is 7.93. The third kappa shape index (κ3) is 2.50. The molecule has 7 nitrogen and oxygen atoms in total. The molecular weight excluding hydrogens is 356 g/mol. The van der Waals surface area contributed by atoms with Crippen LogP contribution in [0.25, 0.3) is 0 Å². The molecule has 2 atom stereocenters. The van der Waals surface area contributed by atoms with E-state index < -0.39 is 60.7 Å². The number of sulfone groups is 1. The molecule has 1 saturated heterocycles. The smallest absolute Gasteiger partial charge is 0.269 e. The Morgan fingerprint density at radius 2 is 2.08 bits per heavy atom. The molecule has 1 aromatic rings. The highest BCUT2D eigenvalue weighted by atomic mass is 32.2. The molecule has 0 radical (unpaired) electrons. The zero-order valence-corrected chi connectivity index (χ0v) is 14.2. The maximum atomic E-state index is 14.3. The number of hydrogen-bond donors (Lipinski definition) is 2. The Hall–Kier alpha value is -2.10. The number of hydrogen-bond acceptors (Lipinski definition) is 5. The Kier molecular flexibility index (Phi) is 3.86. The maximum absolute atomic E-state index is 14.3. The van der Waals surface area contributed by atoms with Gasteiger partial charge in [0.2, 0.25) is 0 Å². The van der Waals surface area contributed by atoms with Crippen LogP contribution in [0, 0.1) is 27.3 Å². The van der Waals surface area contributed by atoms with Crippen LogP contribution in [-0.2, 0) is 15.4 Å². The van der Waals surface area contributed by atoms with E-state index in [-0.39, 0.29) is 5.56 Å². The van der Waals surface area contributed by atoms with Crippen molar-refractivity contribution in [3.05, 3.63) is 39.7 Å². The van der Waals surface area contributed by atoms with Crippen molar-refractivity contribution in [2.45, 2.75) is 30.1 Å². The van der Waals surface area contributed by atoms with Gasteiger partial charge in [0.1, 0.15) is 18.3 Å². The summed E-state index contributed by atoms with van der Waals surface area (Å²) in [4.78, 5) is 10.2. The second-order valence-electron chi connectivity index (χ2n) is 6.81. The van der Waals surface area contributed by atoms with Gasteiger partial charge in [0.15, 0.2) is 14.6 Å². The fourth-order valence-electron chi connectivity index (χ4n) is 3.54. The van der Waals surface area contributed by atoms with Gasteiger partial charge < -0.3 is 5.32 Å². The number of rotatable bonds is 4. The minimum Gasteiger partial charge on any atom is -0.362 e. The monoisotopic (exact) mass is 373 g/mol. The van der Waals surface area contributed by atoms with Gasteiger partial charge in [-0.15, -0.1) is 0 Å². The van der Waals surface area contributed by atoms with E-state index in [4.69, 9.17) is 5.41 Å². The summed E-state index contributed by atoms with van der Waals surface area (Å²) >= 11 is 0. The molecule has 1 unspecified atom stereocenters. The van der Waals surface area contributed by atoms with Crippen LogP contribution in [0.15, 0.2) is 18.2 Å². The van der Waals surface area contributed by atoms with Gasteiger partial charge in [-0.2, -0.15) is 0 Å². The number of non-ortho nitro benzene ring substituents is 1. The Morgan fingerprint density at radius 3 is 2.56 bits per heavy atom. The minimum absolute atomic E-state index is 0.238. The van der Waals surface area contributed by atoms with E-state index in [9.17, 15) is 27.3 Å². The Bertz CT molecular complexity index is 872. The van der Waals surface area contributed by atoms with Gasteiger partial charge in [0.25, 0.3) is 5.69 Å². The molecule has 10 heteroatoms. The van der Waals surface area contributed by atoms with E-state index in [1.807, 2.05) is 0 Å². The van der Waals surface area contributed by atoms with E-state index in [0.717, 1.165) is 18.2 Å². The van der Waals surface area contributed by atoms with Crippen LogP contribution in [0.3, 0.4) is 0 Å². The summed E-state index contributed by atoms with van der Waals surface area (Å²) in [7, 11) is -4.13. The summed E-state index contributed by atoms with van der Waals surface area (Å²) in [5, 5.41) is 21.7. The molecule has 0 spiro atoms. The standard InChI is InChI=1S/C15H17F2N3O4S/c1-14(11-6-10(20(21)22)4-5-12(11)17)8-25(23,24)15(7-16,9-2-3-9)13(18)19-14/h4-6,9H,2-3,7-8H2,1H3,(H2,18,19)/t14-,15?/m0/s1. The molecule has 1 aliphatic heterocycles. The summed E-state index contributed by atoms with van der Waals surface area (Å²) in [5.74, 6) is -2.47.